The van der Waals surface area contributed by atoms with E-state index in [-0.39, 0.29) is 18.0 Å². The standard InChI is InChI=1S/C9H15ClN4O/c1-5(3-6(2)15)14-9-7(10)8(11)12-4-13-9/h4-6,15H,3H2,1-2H3,(H3,11,12,13,14). The van der Waals surface area contributed by atoms with Crippen molar-refractivity contribution in [2.45, 2.75) is 32.4 Å². The van der Waals surface area contributed by atoms with Crippen LogP contribution in [0.2, 0.25) is 5.02 Å². The third-order valence-electron chi connectivity index (χ3n) is 1.89. The van der Waals surface area contributed by atoms with E-state index in [4.69, 9.17) is 17.3 Å². The number of rotatable bonds is 4. The minimum absolute atomic E-state index is 0.0665. The molecule has 0 spiro atoms. The molecule has 0 saturated carbocycles. The Balaban J connectivity index is 2.68. The molecule has 1 rings (SSSR count). The Morgan fingerprint density at radius 2 is 2.20 bits per heavy atom. The van der Waals surface area contributed by atoms with Gasteiger partial charge in [0.1, 0.15) is 17.2 Å². The van der Waals surface area contributed by atoms with Crippen LogP contribution in [-0.4, -0.2) is 27.2 Å². The van der Waals surface area contributed by atoms with E-state index in [1.807, 2.05) is 6.92 Å². The van der Waals surface area contributed by atoms with Gasteiger partial charge in [-0.15, -0.1) is 0 Å². The van der Waals surface area contributed by atoms with Crippen LogP contribution in [0.3, 0.4) is 0 Å². The Hall–Kier alpha value is -1.07. The van der Waals surface area contributed by atoms with Crippen molar-refractivity contribution in [1.82, 2.24) is 9.97 Å². The van der Waals surface area contributed by atoms with Crippen LogP contribution in [0.4, 0.5) is 11.6 Å². The lowest BCUT2D eigenvalue weighted by Crippen LogP contribution is -2.21. The molecule has 0 radical (unpaired) electrons. The van der Waals surface area contributed by atoms with Crippen LogP contribution in [0.1, 0.15) is 20.3 Å². The molecular weight excluding hydrogens is 216 g/mol. The molecule has 4 N–H and O–H groups in total. The van der Waals surface area contributed by atoms with Gasteiger partial charge >= 0.3 is 0 Å². The van der Waals surface area contributed by atoms with Gasteiger partial charge in [-0.05, 0) is 20.3 Å². The summed E-state index contributed by atoms with van der Waals surface area (Å²) in [5.74, 6) is 0.746. The third kappa shape index (κ3) is 3.53. The monoisotopic (exact) mass is 230 g/mol. The minimum atomic E-state index is -0.370. The molecule has 1 heterocycles. The second kappa shape index (κ2) is 5.14. The number of anilines is 2. The molecule has 1 aromatic rings. The number of halogens is 1. The highest BCUT2D eigenvalue weighted by Gasteiger charge is 2.10. The number of nitrogens with two attached hydrogens (primary N) is 1. The number of aromatic nitrogens is 2. The van der Waals surface area contributed by atoms with Gasteiger partial charge in [-0.3, -0.25) is 0 Å². The van der Waals surface area contributed by atoms with Crippen molar-refractivity contribution >= 4 is 23.2 Å². The maximum Gasteiger partial charge on any atom is 0.150 e. The van der Waals surface area contributed by atoms with E-state index in [1.54, 1.807) is 6.92 Å². The van der Waals surface area contributed by atoms with Crippen molar-refractivity contribution in [3.8, 4) is 0 Å². The molecule has 1 aromatic heterocycles. The SMILES string of the molecule is CC(O)CC(C)Nc1ncnc(N)c1Cl. The molecule has 0 aliphatic rings. The van der Waals surface area contributed by atoms with Crippen LogP contribution in [0.25, 0.3) is 0 Å². The average molecular weight is 231 g/mol. The summed E-state index contributed by atoms with van der Waals surface area (Å²) < 4.78 is 0. The average Bonchev–Trinajstić information content (AvgIpc) is 2.11. The van der Waals surface area contributed by atoms with Crippen LogP contribution in [0.5, 0.6) is 0 Å². The maximum atomic E-state index is 9.19. The summed E-state index contributed by atoms with van der Waals surface area (Å²) in [6.45, 7) is 3.66. The molecule has 0 aliphatic carbocycles. The lowest BCUT2D eigenvalue weighted by molar-refractivity contribution is 0.179. The van der Waals surface area contributed by atoms with Gasteiger partial charge in [0.15, 0.2) is 5.82 Å². The van der Waals surface area contributed by atoms with E-state index in [2.05, 4.69) is 15.3 Å². The lowest BCUT2D eigenvalue weighted by Gasteiger charge is -2.16. The number of nitrogens with zero attached hydrogens (tertiary/aromatic N) is 2. The van der Waals surface area contributed by atoms with Gasteiger partial charge in [0.2, 0.25) is 0 Å². The van der Waals surface area contributed by atoms with E-state index in [0.717, 1.165) is 0 Å². The maximum absolute atomic E-state index is 9.19. The number of nitrogen functional groups attached to an aromatic ring is 1. The lowest BCUT2D eigenvalue weighted by atomic mass is 10.1. The zero-order valence-corrected chi connectivity index (χ0v) is 9.49. The molecule has 5 nitrogen and oxygen atoms in total. The summed E-state index contributed by atoms with van der Waals surface area (Å²) in [4.78, 5) is 7.72. The molecule has 6 heteroatoms. The first-order valence-electron chi connectivity index (χ1n) is 4.71. The highest BCUT2D eigenvalue weighted by atomic mass is 35.5. The molecule has 0 aromatic carbocycles. The highest BCUT2D eigenvalue weighted by molar-refractivity contribution is 6.35. The Kier molecular flexibility index (Phi) is 4.11. The van der Waals surface area contributed by atoms with Gasteiger partial charge in [0, 0.05) is 6.04 Å². The number of hydrogen-bond donors (Lipinski definition) is 3. The van der Waals surface area contributed by atoms with Gasteiger partial charge in [-0.1, -0.05) is 11.6 Å². The minimum Gasteiger partial charge on any atom is -0.393 e. The van der Waals surface area contributed by atoms with Crippen molar-refractivity contribution < 1.29 is 5.11 Å². The van der Waals surface area contributed by atoms with Crippen molar-refractivity contribution in [1.29, 1.82) is 0 Å². The Morgan fingerprint density at radius 1 is 1.53 bits per heavy atom. The van der Waals surface area contributed by atoms with E-state index in [9.17, 15) is 5.11 Å². The van der Waals surface area contributed by atoms with Crippen LogP contribution in [0.15, 0.2) is 6.33 Å². The third-order valence-corrected chi connectivity index (χ3v) is 2.27. The molecule has 0 saturated heterocycles. The molecule has 2 unspecified atom stereocenters. The van der Waals surface area contributed by atoms with Crippen molar-refractivity contribution in [2.24, 2.45) is 0 Å². The molecular formula is C9H15ClN4O. The molecule has 15 heavy (non-hydrogen) atoms. The van der Waals surface area contributed by atoms with Gasteiger partial charge in [-0.25, -0.2) is 9.97 Å². The number of nitrogens with one attached hydrogen (secondary N) is 1. The predicted molar refractivity (Wildman–Crippen MR) is 60.8 cm³/mol. The number of hydrogen-bond acceptors (Lipinski definition) is 5. The zero-order chi connectivity index (χ0) is 11.4. The summed E-state index contributed by atoms with van der Waals surface area (Å²) in [5, 5.41) is 12.6. The van der Waals surface area contributed by atoms with Gasteiger partial charge in [0.05, 0.1) is 6.10 Å². The predicted octanol–water partition coefficient (Wildman–Crippen LogP) is 1.28. The second-order valence-corrected chi connectivity index (χ2v) is 3.93. The van der Waals surface area contributed by atoms with Crippen LogP contribution >= 0.6 is 11.6 Å². The summed E-state index contributed by atoms with van der Waals surface area (Å²) in [6.07, 6.45) is 1.59. The van der Waals surface area contributed by atoms with E-state index >= 15 is 0 Å². The molecule has 0 amide bonds. The number of aliphatic hydroxyl groups excluding tert-OH is 1. The quantitative estimate of drug-likeness (QED) is 0.726. The second-order valence-electron chi connectivity index (χ2n) is 3.55. The van der Waals surface area contributed by atoms with E-state index < -0.39 is 0 Å². The molecule has 0 aliphatic heterocycles. The van der Waals surface area contributed by atoms with Gasteiger partial charge < -0.3 is 16.2 Å². The first kappa shape index (κ1) is 12.0. The Morgan fingerprint density at radius 3 is 2.80 bits per heavy atom. The van der Waals surface area contributed by atoms with Crippen LogP contribution < -0.4 is 11.1 Å². The van der Waals surface area contributed by atoms with Crippen LogP contribution in [0, 0.1) is 0 Å². The molecule has 2 atom stereocenters. The van der Waals surface area contributed by atoms with E-state index in [1.165, 1.54) is 6.33 Å². The normalized spacial score (nSPS) is 14.7. The summed E-state index contributed by atoms with van der Waals surface area (Å²) in [6, 6.07) is 0.0665. The number of aliphatic hydroxyl groups is 1. The van der Waals surface area contributed by atoms with Crippen molar-refractivity contribution in [3.05, 3.63) is 11.3 Å². The smallest absolute Gasteiger partial charge is 0.150 e. The largest absolute Gasteiger partial charge is 0.393 e. The fraction of sp³-hybridized carbons (Fsp3) is 0.556. The summed E-state index contributed by atoms with van der Waals surface area (Å²) >= 11 is 5.90. The molecule has 0 bridgehead atoms. The molecule has 84 valence electrons. The van der Waals surface area contributed by atoms with Crippen molar-refractivity contribution in [3.63, 3.8) is 0 Å². The fourth-order valence-electron chi connectivity index (χ4n) is 1.29. The topological polar surface area (TPSA) is 84.1 Å². The highest BCUT2D eigenvalue weighted by Crippen LogP contribution is 2.24. The van der Waals surface area contributed by atoms with Crippen molar-refractivity contribution in [2.75, 3.05) is 11.1 Å². The molecule has 0 fully saturated rings. The Labute approximate surface area is 93.7 Å². The summed E-state index contributed by atoms with van der Waals surface area (Å²) in [5.41, 5.74) is 5.53. The van der Waals surface area contributed by atoms with Gasteiger partial charge in [-0.2, -0.15) is 0 Å². The van der Waals surface area contributed by atoms with E-state index in [0.29, 0.717) is 17.3 Å². The Bertz CT molecular complexity index is 332. The summed E-state index contributed by atoms with van der Waals surface area (Å²) in [7, 11) is 0. The van der Waals surface area contributed by atoms with Crippen LogP contribution in [-0.2, 0) is 0 Å². The van der Waals surface area contributed by atoms with Gasteiger partial charge in [0.25, 0.3) is 0 Å². The zero-order valence-electron chi connectivity index (χ0n) is 8.74. The fourth-order valence-corrected chi connectivity index (χ4v) is 1.44. The first-order valence-corrected chi connectivity index (χ1v) is 5.09. The first-order chi connectivity index (χ1) is 7.00.